The van der Waals surface area contributed by atoms with Gasteiger partial charge in [-0.3, -0.25) is 4.79 Å². The van der Waals surface area contributed by atoms with Gasteiger partial charge < -0.3 is 20.3 Å². The number of aliphatic imine (C=N–C) groups is 1. The first-order valence-corrected chi connectivity index (χ1v) is 11.8. The van der Waals surface area contributed by atoms with Gasteiger partial charge >= 0.3 is 5.97 Å². The van der Waals surface area contributed by atoms with E-state index in [-0.39, 0.29) is 18.3 Å². The van der Waals surface area contributed by atoms with Gasteiger partial charge in [0.15, 0.2) is 5.17 Å². The molecule has 0 fully saturated rings. The maximum Gasteiger partial charge on any atom is 0.338 e. The number of anilines is 2. The molecule has 8 heteroatoms. The summed E-state index contributed by atoms with van der Waals surface area (Å²) in [5, 5.41) is 6.66. The SMILES string of the molecule is CCOC(=O)C1=C(C)NC(SCC(=O)Nc2cccc(C)c2)=N[C@H]1c1ccc(N(C)C)cc1. The molecule has 0 aliphatic carbocycles. The molecule has 1 aliphatic heterocycles. The maximum atomic E-state index is 12.7. The molecule has 1 atom stereocenters. The van der Waals surface area contributed by atoms with Gasteiger partial charge in [0, 0.05) is 31.2 Å². The first kappa shape index (κ1) is 24.4. The molecule has 0 unspecified atom stereocenters. The summed E-state index contributed by atoms with van der Waals surface area (Å²) in [5.41, 5.74) is 4.92. The van der Waals surface area contributed by atoms with Crippen LogP contribution in [0.15, 0.2) is 64.8 Å². The van der Waals surface area contributed by atoms with Gasteiger partial charge in [-0.25, -0.2) is 9.79 Å². The largest absolute Gasteiger partial charge is 0.463 e. The highest BCUT2D eigenvalue weighted by atomic mass is 32.2. The number of rotatable bonds is 7. The molecule has 0 aromatic heterocycles. The van der Waals surface area contributed by atoms with Gasteiger partial charge in [0.1, 0.15) is 6.04 Å². The summed E-state index contributed by atoms with van der Waals surface area (Å²) >= 11 is 1.30. The number of esters is 1. The number of carbonyl (C=O) groups excluding carboxylic acids is 2. The lowest BCUT2D eigenvalue weighted by molar-refractivity contribution is -0.139. The van der Waals surface area contributed by atoms with Crippen LogP contribution in [0.1, 0.15) is 31.0 Å². The van der Waals surface area contributed by atoms with Crippen LogP contribution in [0, 0.1) is 6.92 Å². The minimum absolute atomic E-state index is 0.125. The van der Waals surface area contributed by atoms with Crippen molar-refractivity contribution in [3.8, 4) is 0 Å². The standard InChI is InChI=1S/C25H30N4O3S/c1-6-32-24(31)22-17(3)26-25(28-23(22)18-10-12-20(13-11-18)29(4)5)33-15-21(30)27-19-9-7-8-16(2)14-19/h7-14,23H,6,15H2,1-5H3,(H,26,28)(H,27,30)/t23-/m0/s1. The van der Waals surface area contributed by atoms with Gasteiger partial charge in [-0.2, -0.15) is 0 Å². The number of carbonyl (C=O) groups is 2. The van der Waals surface area contributed by atoms with Crippen LogP contribution in [0.25, 0.3) is 0 Å². The number of hydrogen-bond acceptors (Lipinski definition) is 7. The molecule has 33 heavy (non-hydrogen) atoms. The van der Waals surface area contributed by atoms with Crippen molar-refractivity contribution in [1.29, 1.82) is 0 Å². The van der Waals surface area contributed by atoms with Crippen LogP contribution in [0.2, 0.25) is 0 Å². The van der Waals surface area contributed by atoms with Crippen molar-refractivity contribution in [2.75, 3.05) is 36.7 Å². The average Bonchev–Trinajstić information content (AvgIpc) is 2.77. The van der Waals surface area contributed by atoms with Crippen LogP contribution in [0.4, 0.5) is 11.4 Å². The molecule has 174 valence electrons. The average molecular weight is 467 g/mol. The summed E-state index contributed by atoms with van der Waals surface area (Å²) in [6.45, 7) is 5.87. The Hall–Kier alpha value is -3.26. The maximum absolute atomic E-state index is 12.7. The van der Waals surface area contributed by atoms with E-state index in [1.807, 2.05) is 81.4 Å². The van der Waals surface area contributed by atoms with E-state index in [0.717, 1.165) is 22.5 Å². The molecule has 1 heterocycles. The Bertz CT molecular complexity index is 1080. The van der Waals surface area contributed by atoms with Crippen molar-refractivity contribution in [2.45, 2.75) is 26.8 Å². The summed E-state index contributed by atoms with van der Waals surface area (Å²) in [6, 6.07) is 15.1. The van der Waals surface area contributed by atoms with Crippen molar-refractivity contribution >= 4 is 40.2 Å². The van der Waals surface area contributed by atoms with Crippen LogP contribution in [-0.2, 0) is 14.3 Å². The van der Waals surface area contributed by atoms with Crippen LogP contribution in [-0.4, -0.2) is 43.5 Å². The summed E-state index contributed by atoms with van der Waals surface area (Å²) in [5.74, 6) is -0.331. The summed E-state index contributed by atoms with van der Waals surface area (Å²) in [7, 11) is 3.95. The second kappa shape index (κ2) is 11.0. The van der Waals surface area contributed by atoms with E-state index in [9.17, 15) is 9.59 Å². The van der Waals surface area contributed by atoms with Crippen molar-refractivity contribution in [3.63, 3.8) is 0 Å². The molecule has 0 bridgehead atoms. The van der Waals surface area contributed by atoms with Crippen LogP contribution in [0.3, 0.4) is 0 Å². The van der Waals surface area contributed by atoms with Crippen LogP contribution >= 0.6 is 11.8 Å². The summed E-state index contributed by atoms with van der Waals surface area (Å²) < 4.78 is 5.29. The Kier molecular flexibility index (Phi) is 8.16. The van der Waals surface area contributed by atoms with E-state index in [2.05, 4.69) is 10.6 Å². The molecule has 2 aromatic carbocycles. The van der Waals surface area contributed by atoms with Crippen LogP contribution in [0.5, 0.6) is 0 Å². The fourth-order valence-electron chi connectivity index (χ4n) is 3.44. The quantitative estimate of drug-likeness (QED) is 0.593. The van der Waals surface area contributed by atoms with Gasteiger partial charge in [-0.05, 0) is 56.2 Å². The lowest BCUT2D eigenvalue weighted by Gasteiger charge is -2.26. The lowest BCUT2D eigenvalue weighted by Crippen LogP contribution is -2.31. The second-order valence-corrected chi connectivity index (χ2v) is 8.88. The highest BCUT2D eigenvalue weighted by Gasteiger charge is 2.30. The second-order valence-electron chi connectivity index (χ2n) is 7.91. The van der Waals surface area contributed by atoms with E-state index in [1.54, 1.807) is 6.92 Å². The lowest BCUT2D eigenvalue weighted by atomic mass is 9.96. The number of ether oxygens (including phenoxy) is 1. The minimum Gasteiger partial charge on any atom is -0.463 e. The number of hydrogen-bond donors (Lipinski definition) is 2. The third kappa shape index (κ3) is 6.38. The molecule has 0 saturated carbocycles. The number of nitrogens with one attached hydrogen (secondary N) is 2. The van der Waals surface area contributed by atoms with Gasteiger partial charge in [0.25, 0.3) is 0 Å². The monoisotopic (exact) mass is 466 g/mol. The zero-order chi connectivity index (χ0) is 24.0. The Morgan fingerprint density at radius 2 is 1.88 bits per heavy atom. The molecule has 7 nitrogen and oxygen atoms in total. The first-order chi connectivity index (χ1) is 15.8. The van der Waals surface area contributed by atoms with E-state index >= 15 is 0 Å². The predicted molar refractivity (Wildman–Crippen MR) is 136 cm³/mol. The molecular formula is C25H30N4O3S. The zero-order valence-electron chi connectivity index (χ0n) is 19.6. The van der Waals surface area contributed by atoms with Crippen LogP contribution < -0.4 is 15.5 Å². The molecule has 1 amide bonds. The fourth-order valence-corrected chi connectivity index (χ4v) is 4.19. The molecule has 3 rings (SSSR count). The Morgan fingerprint density at radius 3 is 2.52 bits per heavy atom. The van der Waals surface area contributed by atoms with Crippen molar-refractivity contribution < 1.29 is 14.3 Å². The van der Waals surface area contributed by atoms with E-state index in [1.165, 1.54) is 11.8 Å². The number of benzene rings is 2. The summed E-state index contributed by atoms with van der Waals surface area (Å²) in [6.07, 6.45) is 0. The number of thioether (sulfide) groups is 1. The number of allylic oxidation sites excluding steroid dienone is 1. The molecule has 0 spiro atoms. The first-order valence-electron chi connectivity index (χ1n) is 10.8. The van der Waals surface area contributed by atoms with E-state index < -0.39 is 12.0 Å². The smallest absolute Gasteiger partial charge is 0.338 e. The molecule has 0 saturated heterocycles. The van der Waals surface area contributed by atoms with Gasteiger partial charge in [-0.1, -0.05) is 36.0 Å². The van der Waals surface area contributed by atoms with Gasteiger partial charge in [0.05, 0.1) is 17.9 Å². The zero-order valence-corrected chi connectivity index (χ0v) is 20.5. The number of amidine groups is 1. The fraction of sp³-hybridized carbons (Fsp3) is 0.320. The van der Waals surface area contributed by atoms with Gasteiger partial charge in [-0.15, -0.1) is 0 Å². The Morgan fingerprint density at radius 1 is 1.15 bits per heavy atom. The number of amides is 1. The van der Waals surface area contributed by atoms with Gasteiger partial charge in [0.2, 0.25) is 5.91 Å². The molecule has 0 radical (unpaired) electrons. The Balaban J connectivity index is 1.78. The van der Waals surface area contributed by atoms with E-state index in [0.29, 0.717) is 16.4 Å². The molecule has 2 aromatic rings. The normalized spacial score (nSPS) is 15.4. The third-order valence-electron chi connectivity index (χ3n) is 5.08. The highest BCUT2D eigenvalue weighted by Crippen LogP contribution is 2.33. The molecular weight excluding hydrogens is 436 g/mol. The van der Waals surface area contributed by atoms with Crippen molar-refractivity contribution in [2.24, 2.45) is 4.99 Å². The van der Waals surface area contributed by atoms with E-state index in [4.69, 9.17) is 9.73 Å². The number of aryl methyl sites for hydroxylation is 1. The highest BCUT2D eigenvalue weighted by molar-refractivity contribution is 8.14. The van der Waals surface area contributed by atoms with Crippen molar-refractivity contribution in [3.05, 3.63) is 70.9 Å². The minimum atomic E-state index is -0.510. The Labute approximate surface area is 199 Å². The topological polar surface area (TPSA) is 83.0 Å². The molecule has 1 aliphatic rings. The number of nitrogens with zero attached hydrogens (tertiary/aromatic N) is 2. The predicted octanol–water partition coefficient (Wildman–Crippen LogP) is 4.27. The summed E-state index contributed by atoms with van der Waals surface area (Å²) in [4.78, 5) is 31.9. The third-order valence-corrected chi connectivity index (χ3v) is 5.97. The van der Waals surface area contributed by atoms with Crippen molar-refractivity contribution in [1.82, 2.24) is 5.32 Å². The molecule has 2 N–H and O–H groups in total.